The van der Waals surface area contributed by atoms with Crippen LogP contribution in [0.1, 0.15) is 49.7 Å². The summed E-state index contributed by atoms with van der Waals surface area (Å²) in [7, 11) is 0. The molecule has 5 heteroatoms. The third kappa shape index (κ3) is 6.44. The summed E-state index contributed by atoms with van der Waals surface area (Å²) in [6.45, 7) is 10.2. The molecule has 21 heavy (non-hydrogen) atoms. The van der Waals surface area contributed by atoms with Gasteiger partial charge >= 0.3 is 0 Å². The van der Waals surface area contributed by atoms with E-state index in [0.29, 0.717) is 17.3 Å². The molecule has 0 bridgehead atoms. The molecule has 0 aliphatic rings. The van der Waals surface area contributed by atoms with Crippen molar-refractivity contribution in [3.8, 4) is 0 Å². The molecular formula is C16H26ClN3O. The highest BCUT2D eigenvalue weighted by molar-refractivity contribution is 6.29. The van der Waals surface area contributed by atoms with E-state index in [9.17, 15) is 4.79 Å². The van der Waals surface area contributed by atoms with Gasteiger partial charge in [-0.1, -0.05) is 38.8 Å². The second-order valence-corrected chi connectivity index (χ2v) is 5.44. The molecule has 0 spiro atoms. The second kappa shape index (κ2) is 9.74. The molecule has 1 amide bonds. The van der Waals surface area contributed by atoms with Crippen molar-refractivity contribution in [2.24, 2.45) is 0 Å². The Labute approximate surface area is 132 Å². The highest BCUT2D eigenvalue weighted by atomic mass is 35.5. The molecule has 118 valence electrons. The van der Waals surface area contributed by atoms with Crippen LogP contribution in [-0.2, 0) is 6.42 Å². The number of aryl methyl sites for hydroxylation is 1. The van der Waals surface area contributed by atoms with Crippen LogP contribution < -0.4 is 5.32 Å². The van der Waals surface area contributed by atoms with E-state index in [0.717, 1.165) is 44.6 Å². The summed E-state index contributed by atoms with van der Waals surface area (Å²) in [5.74, 6) is -0.0730. The number of hydrogen-bond donors (Lipinski definition) is 1. The SMILES string of the molecule is CCCc1cc(C(=O)NCCCN(CC)CC)cc(Cl)n1. The number of aromatic nitrogens is 1. The quantitative estimate of drug-likeness (QED) is 0.563. The summed E-state index contributed by atoms with van der Waals surface area (Å²) >= 11 is 5.97. The van der Waals surface area contributed by atoms with Crippen molar-refractivity contribution < 1.29 is 4.79 Å². The highest BCUT2D eigenvalue weighted by Crippen LogP contribution is 2.12. The van der Waals surface area contributed by atoms with Crippen LogP contribution in [0, 0.1) is 0 Å². The number of halogens is 1. The standard InChI is InChI=1S/C16H26ClN3O/c1-4-8-14-11-13(12-15(17)19-14)16(21)18-9-7-10-20(5-2)6-3/h11-12H,4-10H2,1-3H3,(H,18,21). The predicted molar refractivity (Wildman–Crippen MR) is 88.0 cm³/mol. The second-order valence-electron chi connectivity index (χ2n) is 5.06. The van der Waals surface area contributed by atoms with E-state index >= 15 is 0 Å². The van der Waals surface area contributed by atoms with Gasteiger partial charge < -0.3 is 10.2 Å². The van der Waals surface area contributed by atoms with Gasteiger partial charge in [0.15, 0.2) is 0 Å². The van der Waals surface area contributed by atoms with Crippen molar-refractivity contribution in [2.75, 3.05) is 26.2 Å². The maximum atomic E-state index is 12.1. The van der Waals surface area contributed by atoms with Crippen molar-refractivity contribution in [1.82, 2.24) is 15.2 Å². The number of nitrogens with one attached hydrogen (secondary N) is 1. The Morgan fingerprint density at radius 2 is 2.00 bits per heavy atom. The van der Waals surface area contributed by atoms with Gasteiger partial charge in [-0.15, -0.1) is 0 Å². The summed E-state index contributed by atoms with van der Waals surface area (Å²) in [6.07, 6.45) is 2.77. The smallest absolute Gasteiger partial charge is 0.251 e. The van der Waals surface area contributed by atoms with Crippen LogP contribution in [0.2, 0.25) is 5.15 Å². The lowest BCUT2D eigenvalue weighted by Crippen LogP contribution is -2.30. The topological polar surface area (TPSA) is 45.2 Å². The summed E-state index contributed by atoms with van der Waals surface area (Å²) in [5, 5.41) is 3.33. The van der Waals surface area contributed by atoms with Crippen LogP contribution in [0.5, 0.6) is 0 Å². The van der Waals surface area contributed by atoms with E-state index in [2.05, 4.69) is 36.0 Å². The van der Waals surface area contributed by atoms with E-state index in [-0.39, 0.29) is 5.91 Å². The van der Waals surface area contributed by atoms with Crippen LogP contribution in [-0.4, -0.2) is 42.0 Å². The van der Waals surface area contributed by atoms with Crippen molar-refractivity contribution in [3.63, 3.8) is 0 Å². The molecule has 1 aromatic rings. The molecule has 0 atom stereocenters. The zero-order valence-electron chi connectivity index (χ0n) is 13.3. The average Bonchev–Trinajstić information content (AvgIpc) is 2.47. The van der Waals surface area contributed by atoms with Gasteiger partial charge in [-0.3, -0.25) is 4.79 Å². The van der Waals surface area contributed by atoms with Gasteiger partial charge in [0.2, 0.25) is 0 Å². The third-order valence-corrected chi connectivity index (χ3v) is 3.64. The minimum atomic E-state index is -0.0730. The zero-order chi connectivity index (χ0) is 15.7. The maximum absolute atomic E-state index is 12.1. The summed E-state index contributed by atoms with van der Waals surface area (Å²) in [4.78, 5) is 18.7. The van der Waals surface area contributed by atoms with E-state index in [4.69, 9.17) is 11.6 Å². The molecule has 0 aliphatic carbocycles. The first-order valence-electron chi connectivity index (χ1n) is 7.77. The molecule has 1 heterocycles. The predicted octanol–water partition coefficient (Wildman–Crippen LogP) is 3.15. The maximum Gasteiger partial charge on any atom is 0.251 e. The van der Waals surface area contributed by atoms with Gasteiger partial charge in [-0.25, -0.2) is 4.98 Å². The number of nitrogens with zero attached hydrogens (tertiary/aromatic N) is 2. The molecule has 0 fully saturated rings. The molecule has 0 aromatic carbocycles. The van der Waals surface area contributed by atoms with Gasteiger partial charge in [-0.2, -0.15) is 0 Å². The molecule has 1 N–H and O–H groups in total. The molecule has 0 unspecified atom stereocenters. The Bertz CT molecular complexity index is 447. The van der Waals surface area contributed by atoms with Gasteiger partial charge in [0, 0.05) is 17.8 Å². The summed E-state index contributed by atoms with van der Waals surface area (Å²) in [6, 6.07) is 3.45. The first-order chi connectivity index (χ1) is 10.1. The number of hydrogen-bond acceptors (Lipinski definition) is 3. The molecule has 1 rings (SSSR count). The fourth-order valence-corrected chi connectivity index (χ4v) is 2.44. The molecule has 0 radical (unpaired) electrons. The lowest BCUT2D eigenvalue weighted by Gasteiger charge is -2.17. The molecule has 4 nitrogen and oxygen atoms in total. The van der Waals surface area contributed by atoms with E-state index in [1.165, 1.54) is 0 Å². The zero-order valence-corrected chi connectivity index (χ0v) is 14.0. The Kier molecular flexibility index (Phi) is 8.31. The Morgan fingerprint density at radius 3 is 2.62 bits per heavy atom. The number of carbonyl (C=O) groups is 1. The number of carbonyl (C=O) groups excluding carboxylic acids is 1. The monoisotopic (exact) mass is 311 g/mol. The third-order valence-electron chi connectivity index (χ3n) is 3.45. The van der Waals surface area contributed by atoms with E-state index in [1.54, 1.807) is 6.07 Å². The average molecular weight is 312 g/mol. The summed E-state index contributed by atoms with van der Waals surface area (Å²) < 4.78 is 0. The normalized spacial score (nSPS) is 10.9. The van der Waals surface area contributed by atoms with E-state index < -0.39 is 0 Å². The largest absolute Gasteiger partial charge is 0.352 e. The Balaban J connectivity index is 2.48. The molecule has 0 aliphatic heterocycles. The van der Waals surface area contributed by atoms with Crippen LogP contribution >= 0.6 is 11.6 Å². The molecule has 0 saturated heterocycles. The first-order valence-corrected chi connectivity index (χ1v) is 8.15. The van der Waals surface area contributed by atoms with E-state index in [1.807, 2.05) is 6.07 Å². The molecule has 1 aromatic heterocycles. The summed E-state index contributed by atoms with van der Waals surface area (Å²) in [5.41, 5.74) is 1.47. The lowest BCUT2D eigenvalue weighted by atomic mass is 10.1. The Hall–Kier alpha value is -1.13. The van der Waals surface area contributed by atoms with Gasteiger partial charge in [0.25, 0.3) is 5.91 Å². The van der Waals surface area contributed by atoms with Crippen molar-refractivity contribution >= 4 is 17.5 Å². The lowest BCUT2D eigenvalue weighted by molar-refractivity contribution is 0.0951. The van der Waals surface area contributed by atoms with Gasteiger partial charge in [0.05, 0.1) is 0 Å². The van der Waals surface area contributed by atoms with Crippen LogP contribution in [0.4, 0.5) is 0 Å². The number of pyridine rings is 1. The van der Waals surface area contributed by atoms with Crippen molar-refractivity contribution in [1.29, 1.82) is 0 Å². The Morgan fingerprint density at radius 1 is 1.29 bits per heavy atom. The fraction of sp³-hybridized carbons (Fsp3) is 0.625. The highest BCUT2D eigenvalue weighted by Gasteiger charge is 2.09. The van der Waals surface area contributed by atoms with Crippen molar-refractivity contribution in [3.05, 3.63) is 28.5 Å². The minimum absolute atomic E-state index is 0.0730. The number of amides is 1. The van der Waals surface area contributed by atoms with Crippen LogP contribution in [0.3, 0.4) is 0 Å². The molecule has 0 saturated carbocycles. The van der Waals surface area contributed by atoms with Gasteiger partial charge in [0.1, 0.15) is 5.15 Å². The van der Waals surface area contributed by atoms with Crippen molar-refractivity contribution in [2.45, 2.75) is 40.0 Å². The van der Waals surface area contributed by atoms with Gasteiger partial charge in [-0.05, 0) is 44.6 Å². The van der Waals surface area contributed by atoms with Crippen LogP contribution in [0.15, 0.2) is 12.1 Å². The fourth-order valence-electron chi connectivity index (χ4n) is 2.21. The van der Waals surface area contributed by atoms with Crippen LogP contribution in [0.25, 0.3) is 0 Å². The molecular weight excluding hydrogens is 286 g/mol. The minimum Gasteiger partial charge on any atom is -0.352 e. The first kappa shape index (κ1) is 17.9. The number of rotatable bonds is 9.